The number of carbonyl (C=O) groups is 1. The molecule has 1 amide bonds. The Bertz CT molecular complexity index is 735. The second kappa shape index (κ2) is 43.3. The third-order valence-corrected chi connectivity index (χ3v) is 10.7. The van der Waals surface area contributed by atoms with Gasteiger partial charge in [0.1, 0.15) is 0 Å². The van der Waals surface area contributed by atoms with E-state index >= 15 is 0 Å². The number of allylic oxidation sites excluding steroid dienone is 3. The molecule has 0 aromatic heterocycles. The van der Waals surface area contributed by atoms with Crippen LogP contribution in [-0.4, -0.2) is 34.9 Å². The first-order valence-corrected chi connectivity index (χ1v) is 23.1. The van der Waals surface area contributed by atoms with Crippen molar-refractivity contribution >= 4 is 5.91 Å². The van der Waals surface area contributed by atoms with E-state index in [1.165, 1.54) is 199 Å². The molecule has 2 unspecified atom stereocenters. The molecule has 0 rings (SSSR count). The van der Waals surface area contributed by atoms with E-state index in [0.717, 1.165) is 32.1 Å². The minimum atomic E-state index is -0.855. The molecule has 0 bridgehead atoms. The molecule has 0 radical (unpaired) electrons. The maximum Gasteiger partial charge on any atom is 0.220 e. The zero-order chi connectivity index (χ0) is 37.1. The van der Waals surface area contributed by atoms with Gasteiger partial charge in [-0.2, -0.15) is 0 Å². The summed E-state index contributed by atoms with van der Waals surface area (Å²) in [6, 6.07) is -0.632. The van der Waals surface area contributed by atoms with Gasteiger partial charge in [0.25, 0.3) is 0 Å². The Morgan fingerprint density at radius 2 is 0.765 bits per heavy atom. The molecule has 0 aliphatic carbocycles. The molecule has 2 atom stereocenters. The number of amides is 1. The monoisotopic (exact) mass is 718 g/mol. The third kappa shape index (κ3) is 39.9. The summed E-state index contributed by atoms with van der Waals surface area (Å²) in [4.78, 5) is 12.3. The van der Waals surface area contributed by atoms with Gasteiger partial charge < -0.3 is 15.5 Å². The van der Waals surface area contributed by atoms with Gasteiger partial charge in [0, 0.05) is 6.42 Å². The molecule has 0 aromatic rings. The molecule has 3 N–H and O–H groups in total. The number of carbonyl (C=O) groups excluding carboxylic acids is 1. The first-order chi connectivity index (χ1) is 25.2. The number of aliphatic hydroxyl groups excluding tert-OH is 2. The van der Waals surface area contributed by atoms with E-state index in [2.05, 4.69) is 31.3 Å². The normalized spacial score (nSPS) is 13.1. The van der Waals surface area contributed by atoms with Gasteiger partial charge in [0.15, 0.2) is 0 Å². The van der Waals surface area contributed by atoms with Crippen LogP contribution in [0.4, 0.5) is 0 Å². The van der Waals surface area contributed by atoms with Crippen LogP contribution >= 0.6 is 0 Å². The Balaban J connectivity index is 3.36. The summed E-state index contributed by atoms with van der Waals surface area (Å²) in [5, 5.41) is 22.8. The molecular formula is C47H91NO3. The van der Waals surface area contributed by atoms with Crippen molar-refractivity contribution in [3.63, 3.8) is 0 Å². The molecule has 51 heavy (non-hydrogen) atoms. The summed E-state index contributed by atoms with van der Waals surface area (Å²) in [6.07, 6.45) is 56.2. The van der Waals surface area contributed by atoms with Gasteiger partial charge in [-0.15, -0.1) is 0 Å². The highest BCUT2D eigenvalue weighted by Gasteiger charge is 2.17. The first kappa shape index (κ1) is 49.9. The summed E-state index contributed by atoms with van der Waals surface area (Å²) in [7, 11) is 0. The van der Waals surface area contributed by atoms with E-state index in [1.807, 2.05) is 6.08 Å². The van der Waals surface area contributed by atoms with Gasteiger partial charge in [-0.05, 0) is 25.7 Å². The number of rotatable bonds is 42. The minimum Gasteiger partial charge on any atom is -0.394 e. The fraction of sp³-hybridized carbons (Fsp3) is 0.894. The lowest BCUT2D eigenvalue weighted by atomic mass is 10.0. The van der Waals surface area contributed by atoms with Crippen molar-refractivity contribution in [3.8, 4) is 0 Å². The summed E-state index contributed by atoms with van der Waals surface area (Å²) in [5.74, 6) is -0.0734. The molecule has 0 fully saturated rings. The van der Waals surface area contributed by atoms with E-state index in [9.17, 15) is 15.0 Å². The largest absolute Gasteiger partial charge is 0.394 e. The second-order valence-electron chi connectivity index (χ2n) is 15.8. The molecule has 0 aliphatic rings. The van der Waals surface area contributed by atoms with Gasteiger partial charge in [0.2, 0.25) is 5.91 Å². The lowest BCUT2D eigenvalue weighted by molar-refractivity contribution is -0.123. The molecule has 4 heteroatoms. The van der Waals surface area contributed by atoms with Gasteiger partial charge >= 0.3 is 0 Å². The lowest BCUT2D eigenvalue weighted by Crippen LogP contribution is -2.45. The number of hydrogen-bond donors (Lipinski definition) is 3. The number of unbranched alkanes of at least 4 members (excludes halogenated alkanes) is 33. The fourth-order valence-corrected chi connectivity index (χ4v) is 7.12. The molecule has 4 nitrogen and oxygen atoms in total. The van der Waals surface area contributed by atoms with Gasteiger partial charge in [-0.3, -0.25) is 4.79 Å². The topological polar surface area (TPSA) is 69.6 Å². The number of nitrogens with one attached hydrogen (secondary N) is 1. The summed E-state index contributed by atoms with van der Waals surface area (Å²) in [6.45, 7) is 4.24. The molecule has 0 aromatic carbocycles. The summed E-state index contributed by atoms with van der Waals surface area (Å²) in [5.41, 5.74) is 0. The van der Waals surface area contributed by atoms with Crippen LogP contribution < -0.4 is 5.32 Å². The van der Waals surface area contributed by atoms with Gasteiger partial charge in [-0.1, -0.05) is 244 Å². The highest BCUT2D eigenvalue weighted by Crippen LogP contribution is 2.17. The average molecular weight is 718 g/mol. The van der Waals surface area contributed by atoms with Crippen LogP contribution in [0.15, 0.2) is 24.3 Å². The van der Waals surface area contributed by atoms with Gasteiger partial charge in [-0.25, -0.2) is 0 Å². The Hall–Kier alpha value is -1.13. The Morgan fingerprint density at radius 3 is 1.12 bits per heavy atom. The van der Waals surface area contributed by atoms with Crippen LogP contribution in [0.5, 0.6) is 0 Å². The van der Waals surface area contributed by atoms with Crippen molar-refractivity contribution in [1.82, 2.24) is 5.32 Å². The van der Waals surface area contributed by atoms with Crippen molar-refractivity contribution in [2.75, 3.05) is 6.61 Å². The average Bonchev–Trinajstić information content (AvgIpc) is 3.13. The summed E-state index contributed by atoms with van der Waals surface area (Å²) < 4.78 is 0. The zero-order valence-electron chi connectivity index (χ0n) is 34.6. The van der Waals surface area contributed by atoms with Crippen LogP contribution in [0.25, 0.3) is 0 Å². The Labute approximate surface area is 319 Å². The maximum absolute atomic E-state index is 12.3. The van der Waals surface area contributed by atoms with Crippen LogP contribution in [0.2, 0.25) is 0 Å². The van der Waals surface area contributed by atoms with E-state index in [0.29, 0.717) is 6.42 Å². The molecule has 0 spiro atoms. The predicted octanol–water partition coefficient (Wildman–Crippen LogP) is 14.4. The highest BCUT2D eigenvalue weighted by molar-refractivity contribution is 5.76. The van der Waals surface area contributed by atoms with Crippen molar-refractivity contribution in [2.45, 2.75) is 264 Å². The second-order valence-corrected chi connectivity index (χ2v) is 15.8. The standard InChI is InChI=1S/C47H91NO3/c1-3-5-7-9-11-13-14-15-16-17-18-19-20-21-22-23-24-25-26-27-28-29-30-31-32-33-34-35-37-39-41-43-47(51)48-45(44-49)46(50)42-40-38-36-12-10-8-6-4-2/h10,12,40,42,45-46,49-50H,3-9,11,13-39,41,43-44H2,1-2H3,(H,48,51)/b12-10+,42-40+. The third-order valence-electron chi connectivity index (χ3n) is 10.7. The smallest absolute Gasteiger partial charge is 0.220 e. The maximum atomic E-state index is 12.3. The van der Waals surface area contributed by atoms with Crippen molar-refractivity contribution in [3.05, 3.63) is 24.3 Å². The lowest BCUT2D eigenvalue weighted by Gasteiger charge is -2.19. The van der Waals surface area contributed by atoms with Crippen LogP contribution in [0, 0.1) is 0 Å². The van der Waals surface area contributed by atoms with Crippen molar-refractivity contribution in [1.29, 1.82) is 0 Å². The highest BCUT2D eigenvalue weighted by atomic mass is 16.3. The van der Waals surface area contributed by atoms with Crippen LogP contribution in [0.1, 0.15) is 251 Å². The van der Waals surface area contributed by atoms with E-state index in [-0.39, 0.29) is 12.5 Å². The zero-order valence-corrected chi connectivity index (χ0v) is 34.6. The number of aliphatic hydroxyl groups is 2. The van der Waals surface area contributed by atoms with Crippen molar-refractivity contribution in [2.24, 2.45) is 0 Å². The number of hydrogen-bond acceptors (Lipinski definition) is 3. The van der Waals surface area contributed by atoms with E-state index in [1.54, 1.807) is 6.08 Å². The molecule has 0 saturated carbocycles. The molecular weight excluding hydrogens is 627 g/mol. The minimum absolute atomic E-state index is 0.0734. The Morgan fingerprint density at radius 1 is 0.451 bits per heavy atom. The van der Waals surface area contributed by atoms with Crippen LogP contribution in [-0.2, 0) is 4.79 Å². The molecule has 0 heterocycles. The van der Waals surface area contributed by atoms with Crippen LogP contribution in [0.3, 0.4) is 0 Å². The van der Waals surface area contributed by atoms with Crippen molar-refractivity contribution < 1.29 is 15.0 Å². The predicted molar refractivity (Wildman–Crippen MR) is 225 cm³/mol. The Kier molecular flexibility index (Phi) is 42.3. The quantitative estimate of drug-likeness (QED) is 0.0435. The first-order valence-electron chi connectivity index (χ1n) is 23.1. The molecule has 0 aliphatic heterocycles. The fourth-order valence-electron chi connectivity index (χ4n) is 7.12. The van der Waals surface area contributed by atoms with E-state index < -0.39 is 12.1 Å². The summed E-state index contributed by atoms with van der Waals surface area (Å²) >= 11 is 0. The molecule has 302 valence electrons. The molecule has 0 saturated heterocycles. The SMILES string of the molecule is CCCC/C=C/CC/C=C/C(O)C(CO)NC(=O)CCCCCCCCCCCCCCCCCCCCCCCCCCCCCCCCC. The van der Waals surface area contributed by atoms with Gasteiger partial charge in [0.05, 0.1) is 18.8 Å². The van der Waals surface area contributed by atoms with E-state index in [4.69, 9.17) is 0 Å².